The van der Waals surface area contributed by atoms with E-state index in [4.69, 9.17) is 4.99 Å². The summed E-state index contributed by atoms with van der Waals surface area (Å²) in [6, 6.07) is 22.0. The highest BCUT2D eigenvalue weighted by Gasteiger charge is 2.43. The molecule has 2 aliphatic heterocycles. The van der Waals surface area contributed by atoms with Gasteiger partial charge in [-0.15, -0.1) is 0 Å². The fourth-order valence-corrected chi connectivity index (χ4v) is 5.02. The molecule has 0 aliphatic carbocycles. The summed E-state index contributed by atoms with van der Waals surface area (Å²) < 4.78 is 13.2. The zero-order valence-electron chi connectivity index (χ0n) is 18.3. The van der Waals surface area contributed by atoms with Crippen molar-refractivity contribution in [2.45, 2.75) is 24.6 Å². The van der Waals surface area contributed by atoms with E-state index >= 15 is 0 Å². The summed E-state index contributed by atoms with van der Waals surface area (Å²) >= 11 is 1.29. The quantitative estimate of drug-likeness (QED) is 0.546. The summed E-state index contributed by atoms with van der Waals surface area (Å²) in [6.07, 6.45) is 0.530. The molecule has 2 atom stereocenters. The largest absolute Gasteiger partial charge is 0.325 e. The second-order valence-electron chi connectivity index (χ2n) is 7.88. The van der Waals surface area contributed by atoms with Gasteiger partial charge in [0.25, 0.3) is 5.91 Å². The number of benzene rings is 3. The normalized spacial score (nSPS) is 17.4. The molecular weight excluding hydrogens is 451 g/mol. The Balaban J connectivity index is 1.48. The predicted octanol–water partition coefficient (Wildman–Crippen LogP) is 5.31. The monoisotopic (exact) mass is 472 g/mol. The highest BCUT2D eigenvalue weighted by molar-refractivity contribution is 8.15. The second-order valence-corrected chi connectivity index (χ2v) is 9.05. The van der Waals surface area contributed by atoms with Gasteiger partial charge in [0.1, 0.15) is 17.7 Å². The van der Waals surface area contributed by atoms with Crippen LogP contribution in [0.25, 0.3) is 0 Å². The number of aliphatic imine (C=N–C) groups is 2. The topological polar surface area (TPSA) is 74.1 Å². The van der Waals surface area contributed by atoms with Crippen LogP contribution in [0.2, 0.25) is 0 Å². The molecule has 8 heteroatoms. The molecule has 5 rings (SSSR count). The molecule has 0 bridgehead atoms. The van der Waals surface area contributed by atoms with Gasteiger partial charge in [-0.05, 0) is 48.4 Å². The van der Waals surface area contributed by atoms with Gasteiger partial charge in [0.15, 0.2) is 5.17 Å². The smallest absolute Gasteiger partial charge is 0.275 e. The lowest BCUT2D eigenvalue weighted by Crippen LogP contribution is -2.40. The van der Waals surface area contributed by atoms with Gasteiger partial charge in [-0.25, -0.2) is 9.38 Å². The maximum Gasteiger partial charge on any atom is 0.275 e. The number of hydrogen-bond acceptors (Lipinski definition) is 5. The van der Waals surface area contributed by atoms with Crippen LogP contribution < -0.4 is 5.32 Å². The third-order valence-electron chi connectivity index (χ3n) is 5.64. The van der Waals surface area contributed by atoms with Crippen LogP contribution in [0.5, 0.6) is 0 Å². The minimum absolute atomic E-state index is 0.221. The summed E-state index contributed by atoms with van der Waals surface area (Å²) in [5, 5.41) is 2.90. The van der Waals surface area contributed by atoms with Crippen molar-refractivity contribution in [2.24, 2.45) is 9.98 Å². The van der Waals surface area contributed by atoms with E-state index in [1.54, 1.807) is 0 Å². The molecule has 2 aliphatic rings. The van der Waals surface area contributed by atoms with Crippen LogP contribution in [-0.2, 0) is 9.59 Å². The first-order valence-corrected chi connectivity index (χ1v) is 11.8. The Labute approximate surface area is 200 Å². The third kappa shape index (κ3) is 4.12. The van der Waals surface area contributed by atoms with E-state index in [1.165, 1.54) is 36.0 Å². The minimum Gasteiger partial charge on any atom is -0.325 e. The average molecular weight is 473 g/mol. The highest BCUT2D eigenvalue weighted by atomic mass is 32.2. The van der Waals surface area contributed by atoms with E-state index < -0.39 is 11.3 Å². The lowest BCUT2D eigenvalue weighted by Gasteiger charge is -2.32. The second kappa shape index (κ2) is 9.23. The van der Waals surface area contributed by atoms with Gasteiger partial charge in [-0.2, -0.15) is 4.99 Å². The molecule has 0 fully saturated rings. The molecule has 34 heavy (non-hydrogen) atoms. The van der Waals surface area contributed by atoms with Gasteiger partial charge >= 0.3 is 0 Å². The highest BCUT2D eigenvalue weighted by Crippen LogP contribution is 2.40. The Morgan fingerprint density at radius 3 is 2.47 bits per heavy atom. The van der Waals surface area contributed by atoms with E-state index in [0.29, 0.717) is 28.8 Å². The van der Waals surface area contributed by atoms with Crippen LogP contribution in [-0.4, -0.2) is 33.0 Å². The first-order chi connectivity index (χ1) is 16.5. The van der Waals surface area contributed by atoms with Crippen molar-refractivity contribution < 1.29 is 14.0 Å². The molecule has 2 heterocycles. The molecule has 0 saturated carbocycles. The van der Waals surface area contributed by atoms with Crippen molar-refractivity contribution in [1.29, 1.82) is 0 Å². The number of amides is 2. The van der Waals surface area contributed by atoms with Crippen LogP contribution in [0.4, 0.5) is 15.8 Å². The summed E-state index contributed by atoms with van der Waals surface area (Å²) in [6.45, 7) is 1.91. The zero-order valence-corrected chi connectivity index (χ0v) is 19.1. The molecule has 3 aromatic rings. The summed E-state index contributed by atoms with van der Waals surface area (Å²) in [5.74, 6) is -0.316. The Bertz CT molecular complexity index is 1310. The van der Waals surface area contributed by atoms with E-state index in [1.807, 2.05) is 66.4 Å². The number of carbonyl (C=O) groups excluding carboxylic acids is 2. The number of amidine groups is 2. The van der Waals surface area contributed by atoms with Crippen LogP contribution in [0.1, 0.15) is 30.5 Å². The van der Waals surface area contributed by atoms with Gasteiger partial charge in [0, 0.05) is 11.3 Å². The predicted molar refractivity (Wildman–Crippen MR) is 133 cm³/mol. The first kappa shape index (κ1) is 22.0. The molecule has 2 unspecified atom stereocenters. The Morgan fingerprint density at radius 1 is 1.03 bits per heavy atom. The minimum atomic E-state index is -0.645. The number of halogens is 1. The van der Waals surface area contributed by atoms with Crippen molar-refractivity contribution >= 4 is 46.0 Å². The molecule has 6 nitrogen and oxygen atoms in total. The Morgan fingerprint density at radius 2 is 1.74 bits per heavy atom. The van der Waals surface area contributed by atoms with Gasteiger partial charge in [-0.1, -0.05) is 61.2 Å². The number of anilines is 1. The summed E-state index contributed by atoms with van der Waals surface area (Å²) in [5.41, 5.74) is 2.81. The number of para-hydroxylation sites is 1. The number of fused-ring (bicyclic) bond motifs is 3. The SMILES string of the molecule is CCC(SC1=Nc2ccccc2C2=NC(=O)C(c3ccccc3)N12)C(=O)Nc1ccc(F)cc1. The van der Waals surface area contributed by atoms with Crippen LogP contribution in [0.3, 0.4) is 0 Å². The fourth-order valence-electron chi connectivity index (χ4n) is 3.98. The Hall–Kier alpha value is -3.78. The van der Waals surface area contributed by atoms with Crippen molar-refractivity contribution in [3.05, 3.63) is 95.8 Å². The number of nitrogens with zero attached hydrogens (tertiary/aromatic N) is 3. The summed E-state index contributed by atoms with van der Waals surface area (Å²) in [7, 11) is 0. The first-order valence-electron chi connectivity index (χ1n) is 10.9. The molecule has 0 aromatic heterocycles. The number of hydrogen-bond donors (Lipinski definition) is 1. The Kier molecular flexibility index (Phi) is 5.98. The molecule has 0 spiro atoms. The standard InChI is InChI=1S/C26H21FN4O2S/c1-2-21(24(32)28-18-14-12-17(27)13-15-18)34-26-29-20-11-7-6-10-19(20)23-30-25(33)22(31(23)26)16-8-4-3-5-9-16/h3-15,21-22H,2H2,1H3,(H,28,32). The van der Waals surface area contributed by atoms with Crippen molar-refractivity contribution in [2.75, 3.05) is 5.32 Å². The fraction of sp³-hybridized carbons (Fsp3) is 0.154. The molecule has 0 radical (unpaired) electrons. The van der Waals surface area contributed by atoms with Gasteiger partial charge in [0.2, 0.25) is 5.91 Å². The van der Waals surface area contributed by atoms with E-state index in [9.17, 15) is 14.0 Å². The molecule has 1 N–H and O–H groups in total. The maximum absolute atomic E-state index is 13.2. The lowest BCUT2D eigenvalue weighted by atomic mass is 10.0. The number of thioether (sulfide) groups is 1. The summed E-state index contributed by atoms with van der Waals surface area (Å²) in [4.78, 5) is 37.2. The maximum atomic E-state index is 13.2. The zero-order chi connectivity index (χ0) is 23.7. The van der Waals surface area contributed by atoms with Gasteiger partial charge < -0.3 is 5.32 Å². The van der Waals surface area contributed by atoms with Crippen LogP contribution in [0.15, 0.2) is 88.8 Å². The number of carbonyl (C=O) groups is 2. The van der Waals surface area contributed by atoms with Crippen LogP contribution in [0, 0.1) is 5.82 Å². The molecule has 170 valence electrons. The van der Waals surface area contributed by atoms with Gasteiger partial charge in [-0.3, -0.25) is 14.5 Å². The lowest BCUT2D eigenvalue weighted by molar-refractivity contribution is -0.119. The van der Waals surface area contributed by atoms with Crippen molar-refractivity contribution in [3.8, 4) is 0 Å². The van der Waals surface area contributed by atoms with Crippen molar-refractivity contribution in [1.82, 2.24) is 4.90 Å². The average Bonchev–Trinajstić information content (AvgIpc) is 3.21. The number of nitrogens with one attached hydrogen (secondary N) is 1. The molecular formula is C26H21FN4O2S. The third-order valence-corrected chi connectivity index (χ3v) is 6.97. The van der Waals surface area contributed by atoms with E-state index in [2.05, 4.69) is 10.3 Å². The number of rotatable bonds is 5. The molecule has 2 amide bonds. The van der Waals surface area contributed by atoms with Gasteiger partial charge in [0.05, 0.1) is 10.9 Å². The molecule has 0 saturated heterocycles. The van der Waals surface area contributed by atoms with E-state index in [0.717, 1.165) is 11.1 Å². The van der Waals surface area contributed by atoms with Crippen LogP contribution >= 0.6 is 11.8 Å². The van der Waals surface area contributed by atoms with E-state index in [-0.39, 0.29) is 17.6 Å². The molecule has 3 aromatic carbocycles. The van der Waals surface area contributed by atoms with Crippen molar-refractivity contribution in [3.63, 3.8) is 0 Å².